The number of nitrogens with two attached hydrogens (primary N) is 1. The third kappa shape index (κ3) is 1.86. The highest BCUT2D eigenvalue weighted by molar-refractivity contribution is 7.20. The highest BCUT2D eigenvalue weighted by Gasteiger charge is 2.34. The maximum absolute atomic E-state index is 12.8. The topological polar surface area (TPSA) is 56.0 Å². The maximum atomic E-state index is 12.8. The highest BCUT2D eigenvalue weighted by Crippen LogP contribution is 2.39. The van der Waals surface area contributed by atoms with Gasteiger partial charge in [0.15, 0.2) is 0 Å². The van der Waals surface area contributed by atoms with Crippen molar-refractivity contribution in [1.82, 2.24) is 4.98 Å². The Morgan fingerprint density at radius 2 is 2.12 bits per heavy atom. The van der Waals surface area contributed by atoms with E-state index in [-0.39, 0.29) is 20.7 Å². The number of primary amides is 1. The first-order valence-corrected chi connectivity index (χ1v) is 5.39. The number of pyridine rings is 1. The molecule has 0 atom stereocenters. The Bertz CT molecular complexity index is 603. The molecule has 2 rings (SSSR count). The van der Waals surface area contributed by atoms with E-state index in [0.717, 1.165) is 23.6 Å². The van der Waals surface area contributed by atoms with Crippen molar-refractivity contribution in [2.75, 3.05) is 0 Å². The van der Waals surface area contributed by atoms with E-state index >= 15 is 0 Å². The fourth-order valence-corrected chi connectivity index (χ4v) is 2.67. The summed E-state index contributed by atoms with van der Waals surface area (Å²) in [5.74, 6) is -0.737. The number of aryl methyl sites for hydroxylation is 1. The van der Waals surface area contributed by atoms with Gasteiger partial charge in [-0.05, 0) is 18.6 Å². The van der Waals surface area contributed by atoms with E-state index in [1.807, 2.05) is 0 Å². The normalized spacial score (nSPS) is 12.0. The molecule has 3 nitrogen and oxygen atoms in total. The van der Waals surface area contributed by atoms with E-state index in [1.54, 1.807) is 0 Å². The van der Waals surface area contributed by atoms with E-state index in [2.05, 4.69) is 4.98 Å². The zero-order valence-electron chi connectivity index (χ0n) is 8.63. The molecule has 0 aliphatic rings. The molecule has 0 bridgehead atoms. The molecule has 17 heavy (non-hydrogen) atoms. The summed E-state index contributed by atoms with van der Waals surface area (Å²) < 4.78 is 38.3. The van der Waals surface area contributed by atoms with Crippen molar-refractivity contribution in [1.29, 1.82) is 0 Å². The molecule has 7 heteroatoms. The molecular weight excluding hydrogens is 253 g/mol. The van der Waals surface area contributed by atoms with Crippen molar-refractivity contribution in [2.24, 2.45) is 5.73 Å². The molecule has 2 heterocycles. The number of fused-ring (bicyclic) bond motifs is 1. The monoisotopic (exact) mass is 260 g/mol. The molecule has 0 aliphatic heterocycles. The minimum Gasteiger partial charge on any atom is -0.365 e. The lowest BCUT2D eigenvalue weighted by Crippen LogP contribution is -2.10. The number of thiophene rings is 1. The van der Waals surface area contributed by atoms with Crippen LogP contribution < -0.4 is 5.73 Å². The van der Waals surface area contributed by atoms with E-state index in [4.69, 9.17) is 5.73 Å². The first-order valence-electron chi connectivity index (χ1n) is 4.57. The Kier molecular flexibility index (Phi) is 2.57. The molecule has 0 radical (unpaired) electrons. The van der Waals surface area contributed by atoms with Gasteiger partial charge in [0.25, 0.3) is 5.91 Å². The standard InChI is InChI=1S/C10H7F3N2OS/c1-4-6-5(10(11,12)13)2-3-15-9(6)17-7(4)8(14)16/h2-3H,1H3,(H2,14,16). The molecule has 2 aromatic rings. The number of carbonyl (C=O) groups is 1. The lowest BCUT2D eigenvalue weighted by Gasteiger charge is -2.08. The van der Waals surface area contributed by atoms with Crippen molar-refractivity contribution in [3.05, 3.63) is 28.3 Å². The Balaban J connectivity index is 2.85. The predicted molar refractivity (Wildman–Crippen MR) is 57.9 cm³/mol. The largest absolute Gasteiger partial charge is 0.417 e. The first-order chi connectivity index (χ1) is 7.82. The van der Waals surface area contributed by atoms with Crippen LogP contribution in [0.1, 0.15) is 20.8 Å². The zero-order chi connectivity index (χ0) is 12.8. The number of aromatic nitrogens is 1. The van der Waals surface area contributed by atoms with Gasteiger partial charge in [-0.15, -0.1) is 11.3 Å². The van der Waals surface area contributed by atoms with Crippen molar-refractivity contribution < 1.29 is 18.0 Å². The first kappa shape index (κ1) is 11.8. The summed E-state index contributed by atoms with van der Waals surface area (Å²) in [6, 6.07) is 0.896. The maximum Gasteiger partial charge on any atom is 0.417 e. The van der Waals surface area contributed by atoms with Crippen molar-refractivity contribution in [2.45, 2.75) is 13.1 Å². The van der Waals surface area contributed by atoms with Gasteiger partial charge in [-0.1, -0.05) is 0 Å². The van der Waals surface area contributed by atoms with Gasteiger partial charge < -0.3 is 5.73 Å². The fraction of sp³-hybridized carbons (Fsp3) is 0.200. The van der Waals surface area contributed by atoms with E-state index in [9.17, 15) is 18.0 Å². The van der Waals surface area contributed by atoms with Crippen LogP contribution in [0.5, 0.6) is 0 Å². The zero-order valence-corrected chi connectivity index (χ0v) is 9.45. The van der Waals surface area contributed by atoms with Gasteiger partial charge in [-0.25, -0.2) is 4.98 Å². The summed E-state index contributed by atoms with van der Waals surface area (Å²) in [5.41, 5.74) is 4.55. The lowest BCUT2D eigenvalue weighted by atomic mass is 10.1. The van der Waals surface area contributed by atoms with Crippen molar-refractivity contribution in [3.8, 4) is 0 Å². The van der Waals surface area contributed by atoms with Gasteiger partial charge in [0.05, 0.1) is 10.4 Å². The molecule has 0 fully saturated rings. The van der Waals surface area contributed by atoms with Gasteiger partial charge in [0, 0.05) is 11.6 Å². The van der Waals surface area contributed by atoms with Crippen molar-refractivity contribution >= 4 is 27.5 Å². The van der Waals surface area contributed by atoms with E-state index < -0.39 is 17.6 Å². The summed E-state index contributed by atoms with van der Waals surface area (Å²) in [6.45, 7) is 1.44. The molecule has 2 N–H and O–H groups in total. The van der Waals surface area contributed by atoms with Crippen LogP contribution in [0, 0.1) is 6.92 Å². The van der Waals surface area contributed by atoms with Crippen LogP contribution in [0.2, 0.25) is 0 Å². The Morgan fingerprint density at radius 1 is 1.47 bits per heavy atom. The number of rotatable bonds is 1. The molecule has 0 unspecified atom stereocenters. The number of carbonyl (C=O) groups excluding carboxylic acids is 1. The third-order valence-corrected chi connectivity index (χ3v) is 3.57. The van der Waals surface area contributed by atoms with Gasteiger partial charge in [0.2, 0.25) is 0 Å². The SMILES string of the molecule is Cc1c(C(N)=O)sc2nccc(C(F)(F)F)c12. The molecular formula is C10H7F3N2OS. The number of halogens is 3. The average Bonchev–Trinajstić information content (AvgIpc) is 2.55. The van der Waals surface area contributed by atoms with Crippen LogP contribution in [0.4, 0.5) is 13.2 Å². The fourth-order valence-electron chi connectivity index (χ4n) is 1.64. The van der Waals surface area contributed by atoms with Crippen LogP contribution in [-0.4, -0.2) is 10.9 Å². The summed E-state index contributed by atoms with van der Waals surface area (Å²) in [4.78, 5) is 15.2. The van der Waals surface area contributed by atoms with Crippen LogP contribution in [0.15, 0.2) is 12.3 Å². The molecule has 0 saturated heterocycles. The molecule has 1 amide bonds. The van der Waals surface area contributed by atoms with Crippen LogP contribution in [0.3, 0.4) is 0 Å². The van der Waals surface area contributed by atoms with Gasteiger partial charge >= 0.3 is 6.18 Å². The summed E-state index contributed by atoms with van der Waals surface area (Å²) >= 11 is 0.877. The number of amides is 1. The summed E-state index contributed by atoms with van der Waals surface area (Å²) in [5, 5.41) is -0.0428. The quantitative estimate of drug-likeness (QED) is 0.857. The number of alkyl halides is 3. The highest BCUT2D eigenvalue weighted by atomic mass is 32.1. The second-order valence-corrected chi connectivity index (χ2v) is 4.46. The third-order valence-electron chi connectivity index (χ3n) is 2.36. The summed E-state index contributed by atoms with van der Waals surface area (Å²) in [7, 11) is 0. The van der Waals surface area contributed by atoms with E-state index in [1.165, 1.54) is 6.92 Å². The number of nitrogens with zero attached hydrogens (tertiary/aromatic N) is 1. The minimum absolute atomic E-state index is 0.0428. The average molecular weight is 260 g/mol. The van der Waals surface area contributed by atoms with Crippen LogP contribution >= 0.6 is 11.3 Å². The Labute approximate surface area is 98.1 Å². The Hall–Kier alpha value is -1.63. The molecule has 0 aliphatic carbocycles. The predicted octanol–water partition coefficient (Wildman–Crippen LogP) is 2.72. The lowest BCUT2D eigenvalue weighted by molar-refractivity contribution is -0.136. The summed E-state index contributed by atoms with van der Waals surface area (Å²) in [6.07, 6.45) is -3.40. The second kappa shape index (κ2) is 3.69. The second-order valence-electron chi connectivity index (χ2n) is 3.46. The minimum atomic E-state index is -4.47. The van der Waals surface area contributed by atoms with Crippen molar-refractivity contribution in [3.63, 3.8) is 0 Å². The van der Waals surface area contributed by atoms with Crippen LogP contribution in [0.25, 0.3) is 10.2 Å². The Morgan fingerprint density at radius 3 is 2.65 bits per heavy atom. The van der Waals surface area contributed by atoms with Gasteiger partial charge in [-0.2, -0.15) is 13.2 Å². The number of hydrogen-bond donors (Lipinski definition) is 1. The molecule has 0 spiro atoms. The van der Waals surface area contributed by atoms with Gasteiger partial charge in [-0.3, -0.25) is 4.79 Å². The molecule has 90 valence electrons. The molecule has 2 aromatic heterocycles. The smallest absolute Gasteiger partial charge is 0.365 e. The van der Waals surface area contributed by atoms with E-state index in [0.29, 0.717) is 0 Å². The molecule has 0 aromatic carbocycles. The number of hydrogen-bond acceptors (Lipinski definition) is 3. The van der Waals surface area contributed by atoms with Crippen LogP contribution in [-0.2, 0) is 6.18 Å². The molecule has 0 saturated carbocycles. The van der Waals surface area contributed by atoms with Gasteiger partial charge in [0.1, 0.15) is 4.83 Å².